The molecule has 8 heteroatoms. The molecule has 3 aromatic rings. The molecule has 1 aliphatic rings. The normalized spacial score (nSPS) is 15.3. The summed E-state index contributed by atoms with van der Waals surface area (Å²) in [6, 6.07) is 18.2. The van der Waals surface area contributed by atoms with Gasteiger partial charge in [0, 0.05) is 32.7 Å². The van der Waals surface area contributed by atoms with Gasteiger partial charge in [-0.15, -0.1) is 10.2 Å². The molecule has 4 rings (SSSR count). The highest BCUT2D eigenvalue weighted by atomic mass is 32.2. The molecule has 0 bridgehead atoms. The highest BCUT2D eigenvalue weighted by Gasteiger charge is 2.27. The van der Waals surface area contributed by atoms with Crippen LogP contribution in [0.5, 0.6) is 5.75 Å². The molecule has 0 radical (unpaired) electrons. The molecule has 0 unspecified atom stereocenters. The van der Waals surface area contributed by atoms with Crippen molar-refractivity contribution in [2.75, 3.05) is 39.8 Å². The number of ether oxygens (including phenoxy) is 1. The predicted octanol–water partition coefficient (Wildman–Crippen LogP) is 3.84. The SMILES string of the molecule is CCN1CCN(C(=O)[C@@H](C)Sc2nnc(-c3ccccc3OC)n2CCc2ccccc2)CC1. The van der Waals surface area contributed by atoms with Gasteiger partial charge < -0.3 is 19.1 Å². The van der Waals surface area contributed by atoms with Gasteiger partial charge in [-0.2, -0.15) is 0 Å². The van der Waals surface area contributed by atoms with Crippen molar-refractivity contribution in [2.45, 2.75) is 37.2 Å². The Morgan fingerprint density at radius 3 is 2.44 bits per heavy atom. The fourth-order valence-electron chi connectivity index (χ4n) is 4.24. The van der Waals surface area contributed by atoms with Crippen LogP contribution in [0.1, 0.15) is 19.4 Å². The van der Waals surface area contributed by atoms with Crippen molar-refractivity contribution in [1.82, 2.24) is 24.6 Å². The molecule has 1 atom stereocenters. The fraction of sp³-hybridized carbons (Fsp3) is 0.423. The van der Waals surface area contributed by atoms with E-state index in [0.717, 1.165) is 61.4 Å². The number of nitrogens with zero attached hydrogens (tertiary/aromatic N) is 5. The summed E-state index contributed by atoms with van der Waals surface area (Å²) < 4.78 is 7.71. The number of piperazine rings is 1. The van der Waals surface area contributed by atoms with E-state index in [0.29, 0.717) is 6.54 Å². The van der Waals surface area contributed by atoms with Crippen molar-refractivity contribution in [1.29, 1.82) is 0 Å². The Bertz CT molecular complexity index is 1080. The standard InChI is InChI=1S/C26H33N5O2S/c1-4-29-16-18-30(19-17-29)25(32)20(2)34-26-28-27-24(22-12-8-9-13-23(22)33-3)31(26)15-14-21-10-6-5-7-11-21/h5-13,20H,4,14-19H2,1-3H3/t20-/m1/s1. The van der Waals surface area contributed by atoms with Gasteiger partial charge in [0.1, 0.15) is 5.75 Å². The first kappa shape index (κ1) is 24.3. The lowest BCUT2D eigenvalue weighted by Crippen LogP contribution is -2.50. The van der Waals surface area contributed by atoms with Crippen LogP contribution in [-0.2, 0) is 17.8 Å². The first-order valence-corrected chi connectivity index (χ1v) is 12.8. The van der Waals surface area contributed by atoms with Crippen LogP contribution >= 0.6 is 11.8 Å². The Hall–Kier alpha value is -2.84. The van der Waals surface area contributed by atoms with Crippen LogP contribution in [-0.4, -0.2) is 75.6 Å². The van der Waals surface area contributed by atoms with Crippen molar-refractivity contribution in [2.24, 2.45) is 0 Å². The number of hydrogen-bond donors (Lipinski definition) is 0. The number of likely N-dealkylation sites (N-methyl/N-ethyl adjacent to an activating group) is 1. The van der Waals surface area contributed by atoms with Gasteiger partial charge in [-0.25, -0.2) is 0 Å². The van der Waals surface area contributed by atoms with Crippen molar-refractivity contribution >= 4 is 17.7 Å². The molecule has 1 saturated heterocycles. The minimum atomic E-state index is -0.238. The lowest BCUT2D eigenvalue weighted by Gasteiger charge is -2.35. The van der Waals surface area contributed by atoms with Gasteiger partial charge in [-0.1, -0.05) is 61.2 Å². The summed E-state index contributed by atoms with van der Waals surface area (Å²) in [6.45, 7) is 9.31. The van der Waals surface area contributed by atoms with E-state index >= 15 is 0 Å². The molecule has 2 aromatic carbocycles. The van der Waals surface area contributed by atoms with E-state index < -0.39 is 0 Å². The second-order valence-corrected chi connectivity index (χ2v) is 9.72. The van der Waals surface area contributed by atoms with Crippen LogP contribution in [0.25, 0.3) is 11.4 Å². The molecule has 1 fully saturated rings. The third kappa shape index (κ3) is 5.62. The van der Waals surface area contributed by atoms with Crippen LogP contribution in [0.2, 0.25) is 0 Å². The minimum Gasteiger partial charge on any atom is -0.496 e. The molecular formula is C26H33N5O2S. The number of amides is 1. The first-order chi connectivity index (χ1) is 16.6. The molecule has 1 aromatic heterocycles. The molecule has 7 nitrogen and oxygen atoms in total. The average molecular weight is 480 g/mol. The third-order valence-corrected chi connectivity index (χ3v) is 7.36. The number of carbonyl (C=O) groups is 1. The molecule has 0 saturated carbocycles. The zero-order chi connectivity index (χ0) is 23.9. The number of rotatable bonds is 9. The third-order valence-electron chi connectivity index (χ3n) is 6.29. The first-order valence-electron chi connectivity index (χ1n) is 11.9. The highest BCUT2D eigenvalue weighted by Crippen LogP contribution is 2.32. The summed E-state index contributed by atoms with van der Waals surface area (Å²) in [7, 11) is 1.66. The van der Waals surface area contributed by atoms with E-state index in [2.05, 4.69) is 50.9 Å². The molecule has 1 aliphatic heterocycles. The summed E-state index contributed by atoms with van der Waals surface area (Å²) in [4.78, 5) is 17.5. The summed E-state index contributed by atoms with van der Waals surface area (Å²) in [5.41, 5.74) is 2.14. The number of thioether (sulfide) groups is 1. The summed E-state index contributed by atoms with van der Waals surface area (Å²) in [5, 5.41) is 9.57. The lowest BCUT2D eigenvalue weighted by molar-refractivity contribution is -0.132. The van der Waals surface area contributed by atoms with Crippen molar-refractivity contribution < 1.29 is 9.53 Å². The van der Waals surface area contributed by atoms with E-state index in [9.17, 15) is 4.79 Å². The zero-order valence-corrected chi connectivity index (χ0v) is 21.0. The van der Waals surface area contributed by atoms with Crippen LogP contribution < -0.4 is 4.74 Å². The monoisotopic (exact) mass is 479 g/mol. The second kappa shape index (κ2) is 11.5. The number of aromatic nitrogens is 3. The zero-order valence-electron chi connectivity index (χ0n) is 20.2. The van der Waals surface area contributed by atoms with Gasteiger partial charge in [-0.3, -0.25) is 4.79 Å². The molecule has 1 amide bonds. The molecule has 34 heavy (non-hydrogen) atoms. The van der Waals surface area contributed by atoms with Crippen LogP contribution in [0.4, 0.5) is 0 Å². The van der Waals surface area contributed by atoms with Crippen molar-refractivity contribution in [3.63, 3.8) is 0 Å². The molecule has 0 spiro atoms. The van der Waals surface area contributed by atoms with E-state index in [1.165, 1.54) is 17.3 Å². The quantitative estimate of drug-likeness (QED) is 0.435. The minimum absolute atomic E-state index is 0.164. The Labute approximate surface area is 206 Å². The number of para-hydroxylation sites is 1. The van der Waals surface area contributed by atoms with Gasteiger partial charge in [0.15, 0.2) is 11.0 Å². The molecular weight excluding hydrogens is 446 g/mol. The van der Waals surface area contributed by atoms with Crippen LogP contribution in [0, 0.1) is 0 Å². The Balaban J connectivity index is 1.56. The molecule has 2 heterocycles. The topological polar surface area (TPSA) is 63.5 Å². The van der Waals surface area contributed by atoms with E-state index in [1.807, 2.05) is 42.2 Å². The largest absolute Gasteiger partial charge is 0.496 e. The van der Waals surface area contributed by atoms with E-state index in [1.54, 1.807) is 7.11 Å². The maximum absolute atomic E-state index is 13.2. The highest BCUT2D eigenvalue weighted by molar-refractivity contribution is 8.00. The van der Waals surface area contributed by atoms with Gasteiger partial charge in [0.25, 0.3) is 0 Å². The van der Waals surface area contributed by atoms with Crippen LogP contribution in [0.3, 0.4) is 0 Å². The average Bonchev–Trinajstić information content (AvgIpc) is 3.29. The van der Waals surface area contributed by atoms with Crippen molar-refractivity contribution in [3.05, 3.63) is 60.2 Å². The van der Waals surface area contributed by atoms with Gasteiger partial charge in [0.2, 0.25) is 5.91 Å². The Morgan fingerprint density at radius 2 is 1.74 bits per heavy atom. The fourth-order valence-corrected chi connectivity index (χ4v) is 5.20. The summed E-state index contributed by atoms with van der Waals surface area (Å²) in [5.74, 6) is 1.68. The number of methoxy groups -OCH3 is 1. The van der Waals surface area contributed by atoms with Gasteiger partial charge >= 0.3 is 0 Å². The van der Waals surface area contributed by atoms with Gasteiger partial charge in [-0.05, 0) is 37.6 Å². The lowest BCUT2D eigenvalue weighted by atomic mass is 10.1. The summed E-state index contributed by atoms with van der Waals surface area (Å²) in [6.07, 6.45) is 0.843. The number of carbonyl (C=O) groups excluding carboxylic acids is 1. The molecule has 0 aliphatic carbocycles. The number of aryl methyl sites for hydroxylation is 1. The summed E-state index contributed by atoms with van der Waals surface area (Å²) >= 11 is 1.49. The second-order valence-electron chi connectivity index (χ2n) is 8.41. The van der Waals surface area contributed by atoms with Crippen molar-refractivity contribution in [3.8, 4) is 17.1 Å². The Kier molecular flexibility index (Phi) is 8.24. The van der Waals surface area contributed by atoms with Crippen LogP contribution in [0.15, 0.2) is 59.8 Å². The molecule has 0 N–H and O–H groups in total. The number of benzene rings is 2. The predicted molar refractivity (Wildman–Crippen MR) is 136 cm³/mol. The van der Waals surface area contributed by atoms with Gasteiger partial charge in [0.05, 0.1) is 17.9 Å². The Morgan fingerprint density at radius 1 is 1.03 bits per heavy atom. The molecule has 180 valence electrons. The number of hydrogen-bond acceptors (Lipinski definition) is 6. The maximum atomic E-state index is 13.2. The van der Waals surface area contributed by atoms with E-state index in [4.69, 9.17) is 4.74 Å². The smallest absolute Gasteiger partial charge is 0.235 e. The maximum Gasteiger partial charge on any atom is 0.235 e. The van der Waals surface area contributed by atoms with E-state index in [-0.39, 0.29) is 11.2 Å².